The van der Waals surface area contributed by atoms with E-state index in [1.807, 2.05) is 7.05 Å². The highest BCUT2D eigenvalue weighted by Crippen LogP contribution is 2.26. The number of rotatable bonds is 5. The molecule has 0 aliphatic heterocycles. The normalized spacial score (nSPS) is 12.2. The molecule has 0 radical (unpaired) electrons. The van der Waals surface area contributed by atoms with Crippen LogP contribution >= 0.6 is 0 Å². The Bertz CT molecular complexity index is 389. The van der Waals surface area contributed by atoms with Crippen LogP contribution in [0.15, 0.2) is 12.1 Å². The van der Waals surface area contributed by atoms with Crippen LogP contribution in [0.25, 0.3) is 0 Å². The summed E-state index contributed by atoms with van der Waals surface area (Å²) in [5.41, 5.74) is 5.53. The molecular formula is C16H23N. The van der Waals surface area contributed by atoms with Gasteiger partial charge in [0.05, 0.1) is 0 Å². The van der Waals surface area contributed by atoms with E-state index < -0.39 is 0 Å². The highest BCUT2D eigenvalue weighted by molar-refractivity contribution is 5.39. The molecule has 1 unspecified atom stereocenters. The standard InChI is InChI=1S/C16H23N/c1-6-7-8-9-15(17-5)16-13(3)10-12(2)11-14(16)4/h1,10-11,15,17H,7-9H2,2-5H3. The maximum Gasteiger partial charge on any atom is 0.0323 e. The van der Waals surface area contributed by atoms with Gasteiger partial charge >= 0.3 is 0 Å². The lowest BCUT2D eigenvalue weighted by Gasteiger charge is -2.21. The van der Waals surface area contributed by atoms with E-state index in [0.717, 1.165) is 19.3 Å². The van der Waals surface area contributed by atoms with E-state index in [0.29, 0.717) is 6.04 Å². The highest BCUT2D eigenvalue weighted by atomic mass is 14.9. The van der Waals surface area contributed by atoms with Crippen LogP contribution in [0.4, 0.5) is 0 Å². The van der Waals surface area contributed by atoms with E-state index >= 15 is 0 Å². The molecule has 1 aromatic rings. The minimum absolute atomic E-state index is 0.420. The Morgan fingerprint density at radius 1 is 1.24 bits per heavy atom. The Kier molecular flexibility index (Phi) is 5.25. The Labute approximate surface area is 106 Å². The van der Waals surface area contributed by atoms with Crippen molar-refractivity contribution in [1.82, 2.24) is 5.32 Å². The van der Waals surface area contributed by atoms with E-state index in [1.165, 1.54) is 22.3 Å². The first-order valence-electron chi connectivity index (χ1n) is 6.28. The second kappa shape index (κ2) is 6.47. The molecule has 1 heteroatoms. The summed E-state index contributed by atoms with van der Waals surface area (Å²) in [6.45, 7) is 6.54. The number of hydrogen-bond donors (Lipinski definition) is 1. The predicted molar refractivity (Wildman–Crippen MR) is 75.1 cm³/mol. The van der Waals surface area contributed by atoms with Gasteiger partial charge in [-0.2, -0.15) is 0 Å². The molecule has 17 heavy (non-hydrogen) atoms. The molecule has 1 rings (SSSR count). The zero-order valence-corrected chi connectivity index (χ0v) is 11.4. The van der Waals surface area contributed by atoms with Crippen molar-refractivity contribution in [1.29, 1.82) is 0 Å². The van der Waals surface area contributed by atoms with Crippen LogP contribution in [-0.2, 0) is 0 Å². The molecule has 0 bridgehead atoms. The van der Waals surface area contributed by atoms with Gasteiger partial charge < -0.3 is 5.32 Å². The van der Waals surface area contributed by atoms with E-state index in [2.05, 4.69) is 44.1 Å². The van der Waals surface area contributed by atoms with Crippen molar-refractivity contribution in [2.75, 3.05) is 7.05 Å². The van der Waals surface area contributed by atoms with Gasteiger partial charge in [0.25, 0.3) is 0 Å². The highest BCUT2D eigenvalue weighted by Gasteiger charge is 2.14. The third-order valence-corrected chi connectivity index (χ3v) is 3.25. The molecule has 1 N–H and O–H groups in total. The maximum absolute atomic E-state index is 5.30. The topological polar surface area (TPSA) is 12.0 Å². The molecule has 0 aliphatic carbocycles. The van der Waals surface area contributed by atoms with Gasteiger partial charge in [0.15, 0.2) is 0 Å². The Hall–Kier alpha value is -1.26. The zero-order chi connectivity index (χ0) is 12.8. The van der Waals surface area contributed by atoms with Crippen molar-refractivity contribution in [3.63, 3.8) is 0 Å². The maximum atomic E-state index is 5.30. The summed E-state index contributed by atoms with van der Waals surface area (Å²) in [5.74, 6) is 2.71. The fourth-order valence-electron chi connectivity index (χ4n) is 2.58. The van der Waals surface area contributed by atoms with Crippen LogP contribution in [-0.4, -0.2) is 7.05 Å². The van der Waals surface area contributed by atoms with Crippen LogP contribution in [0.1, 0.15) is 47.6 Å². The van der Waals surface area contributed by atoms with Crippen molar-refractivity contribution in [3.8, 4) is 12.3 Å². The Balaban J connectivity index is 2.92. The lowest BCUT2D eigenvalue weighted by molar-refractivity contribution is 0.527. The molecule has 1 nitrogen and oxygen atoms in total. The molecule has 1 atom stereocenters. The van der Waals surface area contributed by atoms with Crippen LogP contribution in [0.2, 0.25) is 0 Å². The summed E-state index contributed by atoms with van der Waals surface area (Å²) in [4.78, 5) is 0. The smallest absolute Gasteiger partial charge is 0.0323 e. The first-order chi connectivity index (χ1) is 8.10. The molecule has 0 saturated heterocycles. The van der Waals surface area contributed by atoms with Crippen molar-refractivity contribution >= 4 is 0 Å². The number of aryl methyl sites for hydroxylation is 3. The second-order valence-corrected chi connectivity index (χ2v) is 4.75. The molecule has 92 valence electrons. The average molecular weight is 229 g/mol. The van der Waals surface area contributed by atoms with Gasteiger partial charge in [-0.05, 0) is 57.4 Å². The monoisotopic (exact) mass is 229 g/mol. The van der Waals surface area contributed by atoms with Gasteiger partial charge in [-0.1, -0.05) is 17.7 Å². The molecular weight excluding hydrogens is 206 g/mol. The summed E-state index contributed by atoms with van der Waals surface area (Å²) in [6, 6.07) is 4.94. The molecule has 0 aliphatic rings. The largest absolute Gasteiger partial charge is 0.313 e. The lowest BCUT2D eigenvalue weighted by atomic mass is 9.91. The summed E-state index contributed by atoms with van der Waals surface area (Å²) < 4.78 is 0. The number of unbranched alkanes of at least 4 members (excludes halogenated alkanes) is 1. The van der Waals surface area contributed by atoms with E-state index in [1.54, 1.807) is 0 Å². The minimum Gasteiger partial charge on any atom is -0.313 e. The van der Waals surface area contributed by atoms with Crippen molar-refractivity contribution in [2.24, 2.45) is 0 Å². The van der Waals surface area contributed by atoms with Gasteiger partial charge in [-0.15, -0.1) is 12.3 Å². The van der Waals surface area contributed by atoms with Crippen molar-refractivity contribution < 1.29 is 0 Å². The average Bonchev–Trinajstić information content (AvgIpc) is 2.25. The van der Waals surface area contributed by atoms with Crippen molar-refractivity contribution in [3.05, 3.63) is 34.4 Å². The van der Waals surface area contributed by atoms with Crippen LogP contribution < -0.4 is 5.32 Å². The first kappa shape index (κ1) is 13.8. The van der Waals surface area contributed by atoms with E-state index in [9.17, 15) is 0 Å². The molecule has 1 aromatic carbocycles. The number of benzene rings is 1. The summed E-state index contributed by atoms with van der Waals surface area (Å²) in [5, 5.41) is 3.41. The third-order valence-electron chi connectivity index (χ3n) is 3.25. The van der Waals surface area contributed by atoms with Gasteiger partial charge in [0.2, 0.25) is 0 Å². The van der Waals surface area contributed by atoms with E-state index in [-0.39, 0.29) is 0 Å². The lowest BCUT2D eigenvalue weighted by Crippen LogP contribution is -2.18. The predicted octanol–water partition coefficient (Wildman–Crippen LogP) is 3.68. The molecule has 0 spiro atoms. The fourth-order valence-corrected chi connectivity index (χ4v) is 2.58. The summed E-state index contributed by atoms with van der Waals surface area (Å²) in [6.07, 6.45) is 8.35. The number of hydrogen-bond acceptors (Lipinski definition) is 1. The number of nitrogens with one attached hydrogen (secondary N) is 1. The Morgan fingerprint density at radius 2 is 1.82 bits per heavy atom. The minimum atomic E-state index is 0.420. The Morgan fingerprint density at radius 3 is 2.29 bits per heavy atom. The second-order valence-electron chi connectivity index (χ2n) is 4.75. The molecule has 0 amide bonds. The molecule has 0 aromatic heterocycles. The first-order valence-corrected chi connectivity index (χ1v) is 6.28. The van der Waals surface area contributed by atoms with Crippen molar-refractivity contribution in [2.45, 2.75) is 46.1 Å². The SMILES string of the molecule is C#CCCCC(NC)c1c(C)cc(C)cc1C. The molecule has 0 heterocycles. The molecule has 0 fully saturated rings. The summed E-state index contributed by atoms with van der Waals surface area (Å²) >= 11 is 0. The quantitative estimate of drug-likeness (QED) is 0.600. The van der Waals surface area contributed by atoms with Gasteiger partial charge in [-0.3, -0.25) is 0 Å². The van der Waals surface area contributed by atoms with Gasteiger partial charge in [-0.25, -0.2) is 0 Å². The van der Waals surface area contributed by atoms with Gasteiger partial charge in [0, 0.05) is 12.5 Å². The summed E-state index contributed by atoms with van der Waals surface area (Å²) in [7, 11) is 2.03. The number of terminal acetylenes is 1. The molecule has 0 saturated carbocycles. The van der Waals surface area contributed by atoms with Gasteiger partial charge in [0.1, 0.15) is 0 Å². The van der Waals surface area contributed by atoms with Crippen LogP contribution in [0.5, 0.6) is 0 Å². The zero-order valence-electron chi connectivity index (χ0n) is 11.4. The third kappa shape index (κ3) is 3.61. The van der Waals surface area contributed by atoms with E-state index in [4.69, 9.17) is 6.42 Å². The van der Waals surface area contributed by atoms with Crippen LogP contribution in [0.3, 0.4) is 0 Å². The van der Waals surface area contributed by atoms with Crippen LogP contribution in [0, 0.1) is 33.1 Å². The fraction of sp³-hybridized carbons (Fsp3) is 0.500.